The minimum atomic E-state index is -0.355. The van der Waals surface area contributed by atoms with Gasteiger partial charge in [-0.3, -0.25) is 0 Å². The second-order valence-corrected chi connectivity index (χ2v) is 6.91. The SMILES string of the molecule is COCC1(c2cc(CCl)ccc2-c2cc(OC)ncc2F)CCCC1. The number of nitrogens with zero attached hydrogens (tertiary/aromatic N) is 1. The van der Waals surface area contributed by atoms with Crippen LogP contribution < -0.4 is 4.74 Å². The zero-order valence-corrected chi connectivity index (χ0v) is 15.4. The van der Waals surface area contributed by atoms with Gasteiger partial charge in [0.15, 0.2) is 0 Å². The highest BCUT2D eigenvalue weighted by Gasteiger charge is 2.38. The smallest absolute Gasteiger partial charge is 0.213 e. The molecule has 0 aliphatic heterocycles. The third-order valence-electron chi connectivity index (χ3n) is 5.12. The summed E-state index contributed by atoms with van der Waals surface area (Å²) < 4.78 is 25.3. The van der Waals surface area contributed by atoms with Crippen LogP contribution in [0.3, 0.4) is 0 Å². The predicted molar refractivity (Wildman–Crippen MR) is 97.8 cm³/mol. The van der Waals surface area contributed by atoms with E-state index in [1.54, 1.807) is 13.2 Å². The molecular formula is C20H23ClFNO2. The Labute approximate surface area is 153 Å². The van der Waals surface area contributed by atoms with Gasteiger partial charge < -0.3 is 9.47 Å². The molecule has 0 amide bonds. The lowest BCUT2D eigenvalue weighted by atomic mass is 9.75. The maximum atomic E-state index is 14.6. The van der Waals surface area contributed by atoms with Crippen molar-refractivity contribution in [1.29, 1.82) is 0 Å². The third kappa shape index (κ3) is 3.51. The van der Waals surface area contributed by atoms with E-state index < -0.39 is 0 Å². The lowest BCUT2D eigenvalue weighted by Crippen LogP contribution is -2.29. The minimum absolute atomic E-state index is 0.102. The second-order valence-electron chi connectivity index (χ2n) is 6.64. The number of halogens is 2. The first-order valence-electron chi connectivity index (χ1n) is 8.52. The molecular weight excluding hydrogens is 341 g/mol. The van der Waals surface area contributed by atoms with Gasteiger partial charge in [0.2, 0.25) is 5.88 Å². The van der Waals surface area contributed by atoms with Gasteiger partial charge in [-0.05, 0) is 29.5 Å². The van der Waals surface area contributed by atoms with Gasteiger partial charge in [-0.25, -0.2) is 9.37 Å². The fraction of sp³-hybridized carbons (Fsp3) is 0.450. The summed E-state index contributed by atoms with van der Waals surface area (Å²) in [5.74, 6) is 0.473. The highest BCUT2D eigenvalue weighted by atomic mass is 35.5. The van der Waals surface area contributed by atoms with E-state index in [4.69, 9.17) is 21.1 Å². The standard InChI is InChI=1S/C20H23ClFNO2/c1-24-13-20(7-3-4-8-20)17-9-14(11-21)5-6-15(17)16-10-19(25-2)23-12-18(16)22/h5-6,9-10,12H,3-4,7-8,11,13H2,1-2H3. The van der Waals surface area contributed by atoms with E-state index in [1.807, 2.05) is 12.1 Å². The maximum Gasteiger partial charge on any atom is 0.213 e. The van der Waals surface area contributed by atoms with E-state index in [0.29, 0.717) is 23.9 Å². The van der Waals surface area contributed by atoms with E-state index in [2.05, 4.69) is 11.1 Å². The number of alkyl halides is 1. The Balaban J connectivity index is 2.20. The van der Waals surface area contributed by atoms with E-state index in [9.17, 15) is 4.39 Å². The quantitative estimate of drug-likeness (QED) is 0.669. The topological polar surface area (TPSA) is 31.4 Å². The monoisotopic (exact) mass is 363 g/mol. The molecule has 1 aromatic heterocycles. The van der Waals surface area contributed by atoms with Crippen molar-refractivity contribution in [2.75, 3.05) is 20.8 Å². The van der Waals surface area contributed by atoms with Crippen LogP contribution >= 0.6 is 11.6 Å². The lowest BCUT2D eigenvalue weighted by Gasteiger charge is -2.31. The normalized spacial score (nSPS) is 16.2. The van der Waals surface area contributed by atoms with E-state index in [0.717, 1.165) is 42.4 Å². The largest absolute Gasteiger partial charge is 0.481 e. The molecule has 0 bridgehead atoms. The number of rotatable bonds is 6. The first-order valence-corrected chi connectivity index (χ1v) is 9.05. The van der Waals surface area contributed by atoms with Gasteiger partial charge in [-0.1, -0.05) is 31.0 Å². The number of hydrogen-bond acceptors (Lipinski definition) is 3. The van der Waals surface area contributed by atoms with Crippen molar-refractivity contribution in [1.82, 2.24) is 4.98 Å². The van der Waals surface area contributed by atoms with Crippen LogP contribution in [0.2, 0.25) is 0 Å². The molecule has 1 heterocycles. The molecule has 1 aliphatic rings. The number of pyridine rings is 1. The van der Waals surface area contributed by atoms with Crippen LogP contribution in [0.5, 0.6) is 5.88 Å². The van der Waals surface area contributed by atoms with Crippen LogP contribution in [-0.2, 0) is 16.0 Å². The van der Waals surface area contributed by atoms with Crippen LogP contribution in [0.25, 0.3) is 11.1 Å². The van der Waals surface area contributed by atoms with Crippen molar-refractivity contribution in [2.45, 2.75) is 37.0 Å². The zero-order valence-electron chi connectivity index (χ0n) is 14.6. The molecule has 0 radical (unpaired) electrons. The summed E-state index contributed by atoms with van der Waals surface area (Å²) in [4.78, 5) is 3.95. The highest BCUT2D eigenvalue weighted by molar-refractivity contribution is 6.17. The first-order chi connectivity index (χ1) is 12.1. The Kier molecular flexibility index (Phi) is 5.60. The number of hydrogen-bond donors (Lipinski definition) is 0. The molecule has 1 aliphatic carbocycles. The summed E-state index contributed by atoms with van der Waals surface area (Å²) in [6.45, 7) is 0.621. The number of ether oxygens (including phenoxy) is 2. The summed E-state index contributed by atoms with van der Waals surface area (Å²) in [5.41, 5.74) is 3.41. The van der Waals surface area contributed by atoms with E-state index >= 15 is 0 Å². The van der Waals surface area contributed by atoms with Gasteiger partial charge in [0.25, 0.3) is 0 Å². The number of benzene rings is 1. The summed E-state index contributed by atoms with van der Waals surface area (Å²) in [7, 11) is 3.26. The Morgan fingerprint density at radius 2 is 1.92 bits per heavy atom. The molecule has 0 unspecified atom stereocenters. The van der Waals surface area contributed by atoms with Gasteiger partial charge in [-0.2, -0.15) is 0 Å². The molecule has 2 aromatic rings. The van der Waals surface area contributed by atoms with Gasteiger partial charge in [0.1, 0.15) is 5.82 Å². The van der Waals surface area contributed by atoms with Crippen LogP contribution in [0.4, 0.5) is 4.39 Å². The lowest BCUT2D eigenvalue weighted by molar-refractivity contribution is 0.132. The second kappa shape index (κ2) is 7.71. The first kappa shape index (κ1) is 18.2. The van der Waals surface area contributed by atoms with Crippen molar-refractivity contribution in [3.63, 3.8) is 0 Å². The summed E-state index contributed by atoms with van der Waals surface area (Å²) in [6.07, 6.45) is 5.57. The molecule has 3 nitrogen and oxygen atoms in total. The van der Waals surface area contributed by atoms with E-state index in [1.165, 1.54) is 13.3 Å². The van der Waals surface area contributed by atoms with Gasteiger partial charge in [0, 0.05) is 30.0 Å². The zero-order chi connectivity index (χ0) is 17.9. The molecule has 134 valence electrons. The van der Waals surface area contributed by atoms with Crippen LogP contribution in [0, 0.1) is 5.82 Å². The maximum absolute atomic E-state index is 14.6. The minimum Gasteiger partial charge on any atom is -0.481 e. The summed E-state index contributed by atoms with van der Waals surface area (Å²) >= 11 is 6.07. The van der Waals surface area contributed by atoms with Crippen molar-refractivity contribution in [2.24, 2.45) is 0 Å². The predicted octanol–water partition coefficient (Wildman–Crippen LogP) is 5.09. The van der Waals surface area contributed by atoms with Crippen molar-refractivity contribution < 1.29 is 13.9 Å². The molecule has 0 atom stereocenters. The average Bonchev–Trinajstić information content (AvgIpc) is 3.12. The summed E-state index contributed by atoms with van der Waals surface area (Å²) in [6, 6.07) is 7.68. The molecule has 0 N–H and O–H groups in total. The molecule has 1 saturated carbocycles. The Bertz CT molecular complexity index is 744. The van der Waals surface area contributed by atoms with Crippen LogP contribution in [0.15, 0.2) is 30.5 Å². The van der Waals surface area contributed by atoms with Crippen LogP contribution in [-0.4, -0.2) is 25.8 Å². The van der Waals surface area contributed by atoms with Crippen LogP contribution in [0.1, 0.15) is 36.8 Å². The fourth-order valence-corrected chi connectivity index (χ4v) is 4.07. The summed E-state index contributed by atoms with van der Waals surface area (Å²) in [5, 5.41) is 0. The Morgan fingerprint density at radius 3 is 2.56 bits per heavy atom. The van der Waals surface area contributed by atoms with Crippen molar-refractivity contribution in [3.8, 4) is 17.0 Å². The van der Waals surface area contributed by atoms with Crippen molar-refractivity contribution in [3.05, 3.63) is 47.4 Å². The number of methoxy groups -OCH3 is 2. The average molecular weight is 364 g/mol. The number of aromatic nitrogens is 1. The van der Waals surface area contributed by atoms with Gasteiger partial charge in [-0.15, -0.1) is 11.6 Å². The van der Waals surface area contributed by atoms with Crippen molar-refractivity contribution >= 4 is 11.6 Å². The molecule has 1 fully saturated rings. The Morgan fingerprint density at radius 1 is 1.16 bits per heavy atom. The molecule has 3 rings (SSSR count). The van der Waals surface area contributed by atoms with Gasteiger partial charge >= 0.3 is 0 Å². The molecule has 1 aromatic carbocycles. The molecule has 0 saturated heterocycles. The Hall–Kier alpha value is -1.65. The molecule has 5 heteroatoms. The van der Waals surface area contributed by atoms with Gasteiger partial charge in [0.05, 0.1) is 19.9 Å². The fourth-order valence-electron chi connectivity index (χ4n) is 3.91. The highest BCUT2D eigenvalue weighted by Crippen LogP contribution is 2.46. The third-order valence-corrected chi connectivity index (χ3v) is 5.43. The molecule has 0 spiro atoms. The molecule has 25 heavy (non-hydrogen) atoms. The van der Waals surface area contributed by atoms with E-state index in [-0.39, 0.29) is 11.2 Å².